The maximum Gasteiger partial charge on any atom is 0.358 e. The molecule has 5 nitrogen and oxygen atoms in total. The average Bonchev–Trinajstić information content (AvgIpc) is 2.74. The van der Waals surface area contributed by atoms with Crippen molar-refractivity contribution in [3.05, 3.63) is 0 Å². The summed E-state index contributed by atoms with van der Waals surface area (Å²) in [6, 6.07) is 0. The van der Waals surface area contributed by atoms with Crippen LogP contribution in [0.15, 0.2) is 0 Å². The van der Waals surface area contributed by atoms with Crippen molar-refractivity contribution in [3.8, 4) is 0 Å². The molecule has 0 aliphatic heterocycles. The monoisotopic (exact) mass is 384 g/mol. The molecule has 2 saturated carbocycles. The number of carbonyl (C=O) groups excluding carboxylic acids is 2. The van der Waals surface area contributed by atoms with Crippen LogP contribution in [0.3, 0.4) is 0 Å². The van der Waals surface area contributed by atoms with Crippen molar-refractivity contribution in [1.29, 1.82) is 0 Å². The summed E-state index contributed by atoms with van der Waals surface area (Å²) in [7, 11) is 0. The van der Waals surface area contributed by atoms with E-state index in [0.29, 0.717) is 19.5 Å². The molecule has 1 amide bonds. The zero-order valence-electron chi connectivity index (χ0n) is 13.5. The number of amides is 1. The first-order chi connectivity index (χ1) is 10.4. The Morgan fingerprint density at radius 2 is 1.87 bits per heavy atom. The van der Waals surface area contributed by atoms with E-state index in [1.807, 2.05) is 20.8 Å². The van der Waals surface area contributed by atoms with Gasteiger partial charge in [-0.25, -0.2) is 4.79 Å². The average molecular weight is 386 g/mol. The smallest absolute Gasteiger partial charge is 0.358 e. The van der Waals surface area contributed by atoms with E-state index < -0.39 is 21.3 Å². The molecule has 2 bridgehead atoms. The number of alkyl halides is 3. The van der Waals surface area contributed by atoms with Crippen LogP contribution in [0.5, 0.6) is 0 Å². The molecular formula is C15H23Cl3N2O3. The number of ether oxygens (including phenoxy) is 1. The van der Waals surface area contributed by atoms with Gasteiger partial charge in [-0.3, -0.25) is 4.79 Å². The topological polar surface area (TPSA) is 81.4 Å². The van der Waals surface area contributed by atoms with Crippen LogP contribution < -0.4 is 11.1 Å². The summed E-state index contributed by atoms with van der Waals surface area (Å²) in [5.74, 6) is -0.932. The third-order valence-electron chi connectivity index (χ3n) is 6.29. The number of fused-ring (bicyclic) bond motifs is 2. The number of hydrogen-bond donors (Lipinski definition) is 2. The van der Waals surface area contributed by atoms with E-state index in [0.717, 1.165) is 12.8 Å². The van der Waals surface area contributed by atoms with Crippen molar-refractivity contribution in [2.24, 2.45) is 22.0 Å². The molecule has 0 aromatic heterocycles. The lowest BCUT2D eigenvalue weighted by molar-refractivity contribution is -0.156. The van der Waals surface area contributed by atoms with Crippen LogP contribution >= 0.6 is 34.8 Å². The highest BCUT2D eigenvalue weighted by atomic mass is 35.6. The van der Waals surface area contributed by atoms with Gasteiger partial charge in [0.15, 0.2) is 0 Å². The summed E-state index contributed by atoms with van der Waals surface area (Å²) < 4.78 is 3.37. The van der Waals surface area contributed by atoms with Crippen LogP contribution in [0.4, 0.5) is 0 Å². The molecule has 0 saturated heterocycles. The SMILES string of the molecule is CC1(C)[C@@]2(C(=O)NCCN)CC[C@@]1(C)[C@@H](OC(=O)C(Cl)(Cl)Cl)C2. The molecule has 0 spiro atoms. The summed E-state index contributed by atoms with van der Waals surface area (Å²) in [6.07, 6.45) is 1.49. The summed E-state index contributed by atoms with van der Waals surface area (Å²) in [5.41, 5.74) is 4.18. The van der Waals surface area contributed by atoms with Crippen molar-refractivity contribution in [1.82, 2.24) is 5.32 Å². The fraction of sp³-hybridized carbons (Fsp3) is 0.867. The molecule has 2 fully saturated rings. The maximum absolute atomic E-state index is 12.8. The minimum atomic E-state index is -2.11. The van der Waals surface area contributed by atoms with E-state index >= 15 is 0 Å². The van der Waals surface area contributed by atoms with Gasteiger partial charge in [-0.15, -0.1) is 0 Å². The van der Waals surface area contributed by atoms with Gasteiger partial charge in [0.2, 0.25) is 5.91 Å². The predicted octanol–water partition coefficient (Wildman–Crippen LogP) is 2.56. The van der Waals surface area contributed by atoms with Gasteiger partial charge in [0.1, 0.15) is 6.10 Å². The Labute approximate surface area is 151 Å². The lowest BCUT2D eigenvalue weighted by Crippen LogP contribution is -2.47. The van der Waals surface area contributed by atoms with Crippen LogP contribution in [-0.2, 0) is 14.3 Å². The fourth-order valence-corrected chi connectivity index (χ4v) is 4.45. The van der Waals surface area contributed by atoms with Crippen molar-refractivity contribution in [2.75, 3.05) is 13.1 Å². The molecule has 0 aromatic carbocycles. The number of halogens is 3. The zero-order valence-corrected chi connectivity index (χ0v) is 15.8. The summed E-state index contributed by atoms with van der Waals surface area (Å²) in [4.78, 5) is 24.7. The van der Waals surface area contributed by atoms with E-state index in [4.69, 9.17) is 45.3 Å². The van der Waals surface area contributed by atoms with Crippen molar-refractivity contribution >= 4 is 46.7 Å². The van der Waals surface area contributed by atoms with E-state index in [-0.39, 0.29) is 16.7 Å². The third kappa shape index (κ3) is 2.74. The fourth-order valence-electron chi connectivity index (χ4n) is 4.32. The Balaban J connectivity index is 2.28. The molecule has 2 rings (SSSR count). The Bertz CT molecular complexity index is 521. The number of carbonyl (C=O) groups is 2. The minimum Gasteiger partial charge on any atom is -0.459 e. The van der Waals surface area contributed by atoms with Gasteiger partial charge in [0.25, 0.3) is 3.79 Å². The van der Waals surface area contributed by atoms with E-state index in [1.54, 1.807) is 0 Å². The summed E-state index contributed by atoms with van der Waals surface area (Å²) in [6.45, 7) is 6.93. The Morgan fingerprint density at radius 1 is 1.26 bits per heavy atom. The van der Waals surface area contributed by atoms with Crippen molar-refractivity contribution in [3.63, 3.8) is 0 Å². The third-order valence-corrected chi connectivity index (χ3v) is 6.75. The predicted molar refractivity (Wildman–Crippen MR) is 90.4 cm³/mol. The molecule has 2 aliphatic rings. The first kappa shape index (κ1) is 19.1. The van der Waals surface area contributed by atoms with E-state index in [1.165, 1.54) is 0 Å². The first-order valence-electron chi connectivity index (χ1n) is 7.68. The summed E-state index contributed by atoms with van der Waals surface area (Å²) in [5, 5.41) is 2.89. The van der Waals surface area contributed by atoms with Gasteiger partial charge in [0, 0.05) is 18.5 Å². The van der Waals surface area contributed by atoms with Gasteiger partial charge in [-0.1, -0.05) is 55.6 Å². The van der Waals surface area contributed by atoms with Crippen LogP contribution in [-0.4, -0.2) is 34.9 Å². The molecule has 0 radical (unpaired) electrons. The molecule has 8 heteroatoms. The van der Waals surface area contributed by atoms with Crippen molar-refractivity contribution in [2.45, 2.75) is 49.9 Å². The minimum absolute atomic E-state index is 0.0379. The Morgan fingerprint density at radius 3 is 2.39 bits per heavy atom. The van der Waals surface area contributed by atoms with Gasteiger partial charge in [-0.05, 0) is 24.7 Å². The Hall–Kier alpha value is -0.230. The molecule has 0 aromatic rings. The van der Waals surface area contributed by atoms with Crippen LogP contribution in [0, 0.1) is 16.2 Å². The Kier molecular flexibility index (Phi) is 4.93. The van der Waals surface area contributed by atoms with Crippen LogP contribution in [0.1, 0.15) is 40.0 Å². The number of esters is 1. The second-order valence-corrected chi connectivity index (χ2v) is 9.55. The quantitative estimate of drug-likeness (QED) is 0.575. The second-order valence-electron chi connectivity index (χ2n) is 7.26. The van der Waals surface area contributed by atoms with E-state index in [9.17, 15) is 9.59 Å². The number of nitrogens with two attached hydrogens (primary N) is 1. The number of rotatable bonds is 4. The highest BCUT2D eigenvalue weighted by Crippen LogP contribution is 2.72. The molecule has 3 N–H and O–H groups in total. The van der Waals surface area contributed by atoms with Gasteiger partial charge in [0.05, 0.1) is 5.41 Å². The molecule has 0 heterocycles. The molecule has 3 atom stereocenters. The maximum atomic E-state index is 12.8. The molecular weight excluding hydrogens is 363 g/mol. The number of nitrogens with one attached hydrogen (secondary N) is 1. The van der Waals surface area contributed by atoms with Crippen LogP contribution in [0.2, 0.25) is 0 Å². The highest BCUT2D eigenvalue weighted by molar-refractivity contribution is 6.75. The van der Waals surface area contributed by atoms with Gasteiger partial charge < -0.3 is 15.8 Å². The highest BCUT2D eigenvalue weighted by Gasteiger charge is 2.73. The van der Waals surface area contributed by atoms with Crippen LogP contribution in [0.25, 0.3) is 0 Å². The number of hydrogen-bond acceptors (Lipinski definition) is 4. The zero-order chi connectivity index (χ0) is 17.7. The van der Waals surface area contributed by atoms with E-state index in [2.05, 4.69) is 5.32 Å². The first-order valence-corrected chi connectivity index (χ1v) is 8.82. The van der Waals surface area contributed by atoms with Gasteiger partial charge >= 0.3 is 5.97 Å². The summed E-state index contributed by atoms with van der Waals surface area (Å²) >= 11 is 16.8. The molecule has 0 unspecified atom stereocenters. The van der Waals surface area contributed by atoms with Crippen molar-refractivity contribution < 1.29 is 14.3 Å². The standard InChI is InChI=1S/C15H23Cl3N2O3/c1-12(2)13(3)4-5-14(12,10(21)20-7-6-19)8-9(13)23-11(22)15(16,17)18/h9H,4-8,19H2,1-3H3,(H,20,21)/t9-,13-,14-/m0/s1. The largest absolute Gasteiger partial charge is 0.459 e. The van der Waals surface area contributed by atoms with Gasteiger partial charge in [-0.2, -0.15) is 0 Å². The lowest BCUT2D eigenvalue weighted by Gasteiger charge is -2.40. The molecule has 2 aliphatic carbocycles. The molecule has 132 valence electrons. The molecule has 23 heavy (non-hydrogen) atoms. The normalized spacial score (nSPS) is 35.2. The lowest BCUT2D eigenvalue weighted by atomic mass is 9.64. The second kappa shape index (κ2) is 5.94.